The van der Waals surface area contributed by atoms with Gasteiger partial charge in [-0.25, -0.2) is 9.18 Å². The summed E-state index contributed by atoms with van der Waals surface area (Å²) in [5, 5.41) is -0.588. The number of methoxy groups -OCH3 is 1. The fourth-order valence-corrected chi connectivity index (χ4v) is 1.47. The van der Waals surface area contributed by atoms with Crippen LogP contribution in [0.4, 0.5) is 4.39 Å². The summed E-state index contributed by atoms with van der Waals surface area (Å²) < 4.78 is 17.2. The van der Waals surface area contributed by atoms with Gasteiger partial charge in [-0.2, -0.15) is 0 Å². The zero-order valence-electron chi connectivity index (χ0n) is 7.51. The predicted molar refractivity (Wildman–Crippen MR) is 52.8 cm³/mol. The highest BCUT2D eigenvalue weighted by atomic mass is 35.5. The van der Waals surface area contributed by atoms with Gasteiger partial charge in [0.1, 0.15) is 5.82 Å². The molecule has 1 aromatic carbocycles. The monoisotopic (exact) mass is 250 g/mol. The van der Waals surface area contributed by atoms with Gasteiger partial charge in [0.25, 0.3) is 5.78 Å². The average Bonchev–Trinajstić information content (AvgIpc) is 2.22. The van der Waals surface area contributed by atoms with Gasteiger partial charge in [-0.05, 0) is 12.1 Å². The number of carbonyl (C=O) groups excluding carboxylic acids is 2. The predicted octanol–water partition coefficient (Wildman–Crippen LogP) is 2.49. The molecule has 6 heteroatoms. The summed E-state index contributed by atoms with van der Waals surface area (Å²) in [5.74, 6) is -3.05. The second-order valence-corrected chi connectivity index (χ2v) is 3.32. The first-order chi connectivity index (χ1) is 6.99. The molecule has 1 rings (SSSR count). The molecule has 0 unspecified atom stereocenters. The third-order valence-corrected chi connectivity index (χ3v) is 2.33. The van der Waals surface area contributed by atoms with Gasteiger partial charge in [-0.3, -0.25) is 4.79 Å². The van der Waals surface area contributed by atoms with Crippen LogP contribution in [0, 0.1) is 5.82 Å². The molecule has 1 aromatic rings. The van der Waals surface area contributed by atoms with Crippen LogP contribution in [0.3, 0.4) is 0 Å². The Morgan fingerprint density at radius 1 is 1.33 bits per heavy atom. The Morgan fingerprint density at radius 2 is 1.93 bits per heavy atom. The Morgan fingerprint density at radius 3 is 2.47 bits per heavy atom. The van der Waals surface area contributed by atoms with E-state index in [2.05, 4.69) is 4.74 Å². The number of hydrogen-bond donors (Lipinski definition) is 0. The van der Waals surface area contributed by atoms with Gasteiger partial charge in [0, 0.05) is 0 Å². The lowest BCUT2D eigenvalue weighted by Crippen LogP contribution is -2.17. The summed E-state index contributed by atoms with van der Waals surface area (Å²) in [6.07, 6.45) is 0. The maximum Gasteiger partial charge on any atom is 0.379 e. The van der Waals surface area contributed by atoms with Gasteiger partial charge in [0.2, 0.25) is 0 Å². The van der Waals surface area contributed by atoms with Crippen molar-refractivity contribution < 1.29 is 18.7 Å². The molecule has 80 valence electrons. The van der Waals surface area contributed by atoms with Crippen molar-refractivity contribution in [3.8, 4) is 0 Å². The summed E-state index contributed by atoms with van der Waals surface area (Å²) in [6.45, 7) is 0. The van der Waals surface area contributed by atoms with Crippen LogP contribution in [-0.2, 0) is 9.53 Å². The molecular formula is C9H5Cl2FO3. The van der Waals surface area contributed by atoms with Gasteiger partial charge in [-0.1, -0.05) is 23.2 Å². The van der Waals surface area contributed by atoms with Crippen molar-refractivity contribution in [3.63, 3.8) is 0 Å². The molecule has 0 atom stereocenters. The molecule has 0 aromatic heterocycles. The highest BCUT2D eigenvalue weighted by molar-refractivity contribution is 6.49. The Kier molecular flexibility index (Phi) is 3.66. The van der Waals surface area contributed by atoms with Crippen molar-refractivity contribution in [2.45, 2.75) is 0 Å². The van der Waals surface area contributed by atoms with Gasteiger partial charge in [0.05, 0.1) is 22.7 Å². The molecule has 0 aliphatic carbocycles. The van der Waals surface area contributed by atoms with Crippen LogP contribution >= 0.6 is 23.2 Å². The van der Waals surface area contributed by atoms with E-state index in [1.165, 1.54) is 0 Å². The van der Waals surface area contributed by atoms with Crippen molar-refractivity contribution in [2.24, 2.45) is 0 Å². The van der Waals surface area contributed by atoms with Crippen LogP contribution < -0.4 is 0 Å². The van der Waals surface area contributed by atoms with Gasteiger partial charge in [0.15, 0.2) is 0 Å². The smallest absolute Gasteiger partial charge is 0.379 e. The number of Topliss-reactive ketones (excluding diaryl/α,β-unsaturated/α-hetero) is 1. The van der Waals surface area contributed by atoms with E-state index in [9.17, 15) is 14.0 Å². The number of esters is 1. The molecule has 0 amide bonds. The van der Waals surface area contributed by atoms with Crippen molar-refractivity contribution >= 4 is 35.0 Å². The highest BCUT2D eigenvalue weighted by Gasteiger charge is 2.24. The summed E-state index contributed by atoms with van der Waals surface area (Å²) in [7, 11) is 1.03. The molecule has 3 nitrogen and oxygen atoms in total. The Balaban J connectivity index is 3.31. The van der Waals surface area contributed by atoms with Crippen molar-refractivity contribution in [1.82, 2.24) is 0 Å². The fourth-order valence-electron chi connectivity index (χ4n) is 0.930. The summed E-state index contributed by atoms with van der Waals surface area (Å²) >= 11 is 11.1. The van der Waals surface area contributed by atoms with Gasteiger partial charge in [-0.15, -0.1) is 0 Å². The number of hydrogen-bond acceptors (Lipinski definition) is 3. The number of benzene rings is 1. The van der Waals surface area contributed by atoms with E-state index < -0.39 is 22.6 Å². The lowest BCUT2D eigenvalue weighted by molar-refractivity contribution is -0.135. The van der Waals surface area contributed by atoms with Crippen LogP contribution in [0.2, 0.25) is 10.0 Å². The van der Waals surface area contributed by atoms with Crippen LogP contribution in [0.1, 0.15) is 10.4 Å². The van der Waals surface area contributed by atoms with Crippen molar-refractivity contribution in [3.05, 3.63) is 33.6 Å². The Bertz CT molecular complexity index is 432. The number of ether oxygens (including phenoxy) is 1. The molecule has 0 aliphatic rings. The quantitative estimate of drug-likeness (QED) is 0.351. The Hall–Kier alpha value is -1.13. The van der Waals surface area contributed by atoms with Crippen LogP contribution in [0.5, 0.6) is 0 Å². The summed E-state index contributed by atoms with van der Waals surface area (Å²) in [5.41, 5.74) is -0.384. The summed E-state index contributed by atoms with van der Waals surface area (Å²) in [4.78, 5) is 22.3. The SMILES string of the molecule is COC(=O)C(=O)c1c(Cl)ccc(F)c1Cl. The highest BCUT2D eigenvalue weighted by Crippen LogP contribution is 2.27. The third kappa shape index (κ3) is 2.27. The lowest BCUT2D eigenvalue weighted by atomic mass is 10.1. The second kappa shape index (κ2) is 4.59. The first-order valence-electron chi connectivity index (χ1n) is 3.75. The number of rotatable bonds is 2. The van der Waals surface area contributed by atoms with Crippen molar-refractivity contribution in [2.75, 3.05) is 7.11 Å². The zero-order chi connectivity index (χ0) is 11.6. The summed E-state index contributed by atoms with van der Waals surface area (Å²) in [6, 6.07) is 2.14. The molecule has 0 saturated carbocycles. The molecule has 0 aliphatic heterocycles. The normalized spacial score (nSPS) is 9.87. The zero-order valence-corrected chi connectivity index (χ0v) is 9.03. The Labute approximate surface area is 94.7 Å². The second-order valence-electron chi connectivity index (χ2n) is 2.54. The standard InChI is InChI=1S/C9H5Cl2FO3/c1-15-9(14)8(13)6-4(10)2-3-5(12)7(6)11/h2-3H,1H3. The topological polar surface area (TPSA) is 43.4 Å². The molecule has 15 heavy (non-hydrogen) atoms. The molecule has 0 saturated heterocycles. The van der Waals surface area contributed by atoms with E-state index in [0.29, 0.717) is 0 Å². The van der Waals surface area contributed by atoms with Crippen LogP contribution in [0.25, 0.3) is 0 Å². The average molecular weight is 251 g/mol. The van der Waals surface area contributed by atoms with E-state index in [1.807, 2.05) is 0 Å². The molecule has 0 fully saturated rings. The third-order valence-electron chi connectivity index (χ3n) is 1.64. The minimum atomic E-state index is -1.15. The van der Waals surface area contributed by atoms with E-state index >= 15 is 0 Å². The molecule has 0 N–H and O–H groups in total. The minimum absolute atomic E-state index is 0.100. The molecule has 0 heterocycles. The lowest BCUT2D eigenvalue weighted by Gasteiger charge is -2.04. The number of halogens is 3. The molecular weight excluding hydrogens is 246 g/mol. The first-order valence-corrected chi connectivity index (χ1v) is 4.50. The largest absolute Gasteiger partial charge is 0.463 e. The maximum atomic E-state index is 13.0. The van der Waals surface area contributed by atoms with Crippen LogP contribution in [-0.4, -0.2) is 18.9 Å². The van der Waals surface area contributed by atoms with E-state index in [4.69, 9.17) is 23.2 Å². The van der Waals surface area contributed by atoms with E-state index in [-0.39, 0.29) is 10.6 Å². The van der Waals surface area contributed by atoms with E-state index in [0.717, 1.165) is 19.2 Å². The number of carbonyl (C=O) groups is 2. The van der Waals surface area contributed by atoms with Gasteiger partial charge < -0.3 is 4.74 Å². The van der Waals surface area contributed by atoms with Crippen molar-refractivity contribution in [1.29, 1.82) is 0 Å². The molecule has 0 spiro atoms. The van der Waals surface area contributed by atoms with Gasteiger partial charge >= 0.3 is 5.97 Å². The first kappa shape index (κ1) is 11.9. The number of ketones is 1. The maximum absolute atomic E-state index is 13.0. The van der Waals surface area contributed by atoms with Crippen LogP contribution in [0.15, 0.2) is 12.1 Å². The fraction of sp³-hybridized carbons (Fsp3) is 0.111. The molecule has 0 radical (unpaired) electrons. The molecule has 0 bridgehead atoms. The van der Waals surface area contributed by atoms with E-state index in [1.54, 1.807) is 0 Å². The minimum Gasteiger partial charge on any atom is -0.463 e.